The molecule has 84 valence electrons. The smallest absolute Gasteiger partial charge is 0.274 e. The van der Waals surface area contributed by atoms with Crippen molar-refractivity contribution in [1.82, 2.24) is 0 Å². The summed E-state index contributed by atoms with van der Waals surface area (Å²) in [5.41, 5.74) is 10.7. The van der Waals surface area contributed by atoms with Crippen LogP contribution in [0.1, 0.15) is 11.6 Å². The van der Waals surface area contributed by atoms with Gasteiger partial charge in [0.15, 0.2) is 0 Å². The van der Waals surface area contributed by atoms with Crippen molar-refractivity contribution >= 4 is 18.1 Å². The zero-order chi connectivity index (χ0) is 10.7. The lowest BCUT2D eigenvalue weighted by Gasteiger charge is -2.09. The third kappa shape index (κ3) is 3.12. The molecule has 0 aromatic heterocycles. The lowest BCUT2D eigenvalue weighted by Crippen LogP contribution is -2.21. The molecular weight excluding hydrogens is 225 g/mol. The standard InChI is InChI=1S/C8H10FN3O2.ClH/c9-5-1-2-8(12(13)14)6(3-5)7(11)4-10;/h1-3,7H,4,10-11H2;1H/t7-;/m0./s1. The molecule has 0 amide bonds. The Morgan fingerprint density at radius 2 is 2.13 bits per heavy atom. The minimum absolute atomic E-state index is 0. The number of rotatable bonds is 3. The van der Waals surface area contributed by atoms with Crippen LogP contribution in [-0.4, -0.2) is 11.5 Å². The van der Waals surface area contributed by atoms with Crippen molar-refractivity contribution in [3.8, 4) is 0 Å². The summed E-state index contributed by atoms with van der Waals surface area (Å²) in [4.78, 5) is 9.93. The van der Waals surface area contributed by atoms with Crippen LogP contribution in [0.3, 0.4) is 0 Å². The van der Waals surface area contributed by atoms with Gasteiger partial charge in [-0.15, -0.1) is 12.4 Å². The van der Waals surface area contributed by atoms with Crippen LogP contribution in [0.15, 0.2) is 18.2 Å². The molecule has 1 atom stereocenters. The van der Waals surface area contributed by atoms with E-state index in [9.17, 15) is 14.5 Å². The predicted molar refractivity (Wildman–Crippen MR) is 56.3 cm³/mol. The van der Waals surface area contributed by atoms with E-state index >= 15 is 0 Å². The SMILES string of the molecule is Cl.NC[C@H](N)c1cc(F)ccc1[N+](=O)[O-]. The second-order valence-corrected chi connectivity index (χ2v) is 2.80. The fraction of sp³-hybridized carbons (Fsp3) is 0.250. The molecule has 0 unspecified atom stereocenters. The van der Waals surface area contributed by atoms with Gasteiger partial charge in [-0.1, -0.05) is 0 Å². The molecule has 0 radical (unpaired) electrons. The number of benzene rings is 1. The van der Waals surface area contributed by atoms with E-state index in [2.05, 4.69) is 0 Å². The van der Waals surface area contributed by atoms with E-state index in [0.717, 1.165) is 18.2 Å². The van der Waals surface area contributed by atoms with Gasteiger partial charge in [0.05, 0.1) is 10.5 Å². The topological polar surface area (TPSA) is 95.2 Å². The average molecular weight is 236 g/mol. The van der Waals surface area contributed by atoms with Crippen LogP contribution in [0.25, 0.3) is 0 Å². The average Bonchev–Trinajstić information content (AvgIpc) is 2.16. The molecule has 1 aromatic carbocycles. The summed E-state index contributed by atoms with van der Waals surface area (Å²) >= 11 is 0. The maximum atomic E-state index is 12.8. The maximum Gasteiger partial charge on any atom is 0.274 e. The van der Waals surface area contributed by atoms with Gasteiger partial charge in [-0.3, -0.25) is 10.1 Å². The van der Waals surface area contributed by atoms with Gasteiger partial charge in [0.25, 0.3) is 5.69 Å². The second-order valence-electron chi connectivity index (χ2n) is 2.80. The molecule has 0 aliphatic rings. The third-order valence-corrected chi connectivity index (χ3v) is 1.84. The normalized spacial score (nSPS) is 11.7. The van der Waals surface area contributed by atoms with Crippen molar-refractivity contribution in [1.29, 1.82) is 0 Å². The minimum atomic E-state index is -0.717. The van der Waals surface area contributed by atoms with Crippen LogP contribution < -0.4 is 11.5 Å². The van der Waals surface area contributed by atoms with E-state index in [1.54, 1.807) is 0 Å². The Kier molecular flexibility index (Phi) is 5.13. The highest BCUT2D eigenvalue weighted by atomic mass is 35.5. The highest BCUT2D eigenvalue weighted by Crippen LogP contribution is 2.23. The van der Waals surface area contributed by atoms with Gasteiger partial charge in [-0.2, -0.15) is 0 Å². The van der Waals surface area contributed by atoms with Gasteiger partial charge >= 0.3 is 0 Å². The summed E-state index contributed by atoms with van der Waals surface area (Å²) in [5.74, 6) is -0.561. The van der Waals surface area contributed by atoms with Crippen LogP contribution in [0.4, 0.5) is 10.1 Å². The van der Waals surface area contributed by atoms with Gasteiger partial charge in [0.2, 0.25) is 0 Å². The summed E-state index contributed by atoms with van der Waals surface area (Å²) in [7, 11) is 0. The molecule has 7 heteroatoms. The summed E-state index contributed by atoms with van der Waals surface area (Å²) in [6, 6.07) is 2.42. The molecular formula is C8H11ClFN3O2. The number of nitrogens with zero attached hydrogens (tertiary/aromatic N) is 1. The van der Waals surface area contributed by atoms with Crippen molar-refractivity contribution in [2.45, 2.75) is 6.04 Å². The first-order valence-corrected chi connectivity index (χ1v) is 3.95. The quantitative estimate of drug-likeness (QED) is 0.606. The molecule has 15 heavy (non-hydrogen) atoms. The Morgan fingerprint density at radius 1 is 1.53 bits per heavy atom. The van der Waals surface area contributed by atoms with E-state index in [1.165, 1.54) is 0 Å². The van der Waals surface area contributed by atoms with Gasteiger partial charge in [0, 0.05) is 18.7 Å². The first-order valence-electron chi connectivity index (χ1n) is 3.95. The van der Waals surface area contributed by atoms with Crippen LogP contribution in [0, 0.1) is 15.9 Å². The summed E-state index contributed by atoms with van der Waals surface area (Å²) < 4.78 is 12.8. The largest absolute Gasteiger partial charge is 0.329 e. The van der Waals surface area contributed by atoms with Gasteiger partial charge < -0.3 is 11.5 Å². The number of nitro benzene ring substituents is 1. The Morgan fingerprint density at radius 3 is 2.60 bits per heavy atom. The Bertz CT molecular complexity index is 362. The molecule has 1 rings (SSSR count). The van der Waals surface area contributed by atoms with E-state index < -0.39 is 16.8 Å². The number of nitro groups is 1. The molecule has 4 N–H and O–H groups in total. The van der Waals surface area contributed by atoms with E-state index in [4.69, 9.17) is 11.5 Å². The van der Waals surface area contributed by atoms with Gasteiger partial charge in [-0.25, -0.2) is 4.39 Å². The van der Waals surface area contributed by atoms with Gasteiger partial charge in [-0.05, 0) is 12.1 Å². The number of halogens is 2. The van der Waals surface area contributed by atoms with E-state index in [-0.39, 0.29) is 30.2 Å². The third-order valence-electron chi connectivity index (χ3n) is 1.84. The van der Waals surface area contributed by atoms with Crippen LogP contribution in [0.2, 0.25) is 0 Å². The molecule has 0 heterocycles. The molecule has 1 aromatic rings. The number of hydrogen-bond acceptors (Lipinski definition) is 4. The summed E-state index contributed by atoms with van der Waals surface area (Å²) in [6.07, 6.45) is 0. The molecule has 0 aliphatic carbocycles. The summed E-state index contributed by atoms with van der Waals surface area (Å²) in [5, 5.41) is 10.5. The molecule has 0 saturated heterocycles. The van der Waals surface area contributed by atoms with Crippen LogP contribution >= 0.6 is 12.4 Å². The first-order chi connectivity index (χ1) is 6.56. The zero-order valence-electron chi connectivity index (χ0n) is 7.72. The van der Waals surface area contributed by atoms with Crippen LogP contribution in [0.5, 0.6) is 0 Å². The Hall–Kier alpha value is -1.24. The fourth-order valence-corrected chi connectivity index (χ4v) is 1.12. The maximum absolute atomic E-state index is 12.8. The van der Waals surface area contributed by atoms with Crippen LogP contribution in [-0.2, 0) is 0 Å². The zero-order valence-corrected chi connectivity index (χ0v) is 8.54. The molecule has 0 fully saturated rings. The lowest BCUT2D eigenvalue weighted by molar-refractivity contribution is -0.385. The van der Waals surface area contributed by atoms with Gasteiger partial charge in [0.1, 0.15) is 5.82 Å². The molecule has 0 spiro atoms. The first kappa shape index (κ1) is 13.8. The minimum Gasteiger partial charge on any atom is -0.329 e. The van der Waals surface area contributed by atoms with Crippen molar-refractivity contribution in [3.05, 3.63) is 39.7 Å². The van der Waals surface area contributed by atoms with E-state index in [1.807, 2.05) is 0 Å². The number of nitrogens with two attached hydrogens (primary N) is 2. The Labute approximate surface area is 91.8 Å². The molecule has 0 aliphatic heterocycles. The lowest BCUT2D eigenvalue weighted by atomic mass is 10.1. The van der Waals surface area contributed by atoms with Crippen molar-refractivity contribution < 1.29 is 9.31 Å². The van der Waals surface area contributed by atoms with Crippen molar-refractivity contribution in [2.75, 3.05) is 6.54 Å². The van der Waals surface area contributed by atoms with Crippen molar-refractivity contribution in [2.24, 2.45) is 11.5 Å². The Balaban J connectivity index is 0.00000196. The molecule has 0 bridgehead atoms. The highest BCUT2D eigenvalue weighted by molar-refractivity contribution is 5.85. The highest BCUT2D eigenvalue weighted by Gasteiger charge is 2.18. The predicted octanol–water partition coefficient (Wildman–Crippen LogP) is 1.11. The number of hydrogen-bond donors (Lipinski definition) is 2. The van der Waals surface area contributed by atoms with Crippen molar-refractivity contribution in [3.63, 3.8) is 0 Å². The molecule has 0 saturated carbocycles. The molecule has 5 nitrogen and oxygen atoms in total. The van der Waals surface area contributed by atoms with E-state index in [0.29, 0.717) is 0 Å². The second kappa shape index (κ2) is 5.59. The summed E-state index contributed by atoms with van der Waals surface area (Å²) in [6.45, 7) is 0.0320. The fourth-order valence-electron chi connectivity index (χ4n) is 1.12. The monoisotopic (exact) mass is 235 g/mol.